The third-order valence-corrected chi connectivity index (χ3v) is 7.20. The van der Waals surface area contributed by atoms with Crippen LogP contribution >= 0.6 is 0 Å². The van der Waals surface area contributed by atoms with E-state index in [1.165, 1.54) is 0 Å². The van der Waals surface area contributed by atoms with Crippen molar-refractivity contribution >= 4 is 16.7 Å². The number of piperidine rings is 1. The van der Waals surface area contributed by atoms with Gasteiger partial charge >= 0.3 is 0 Å². The third kappa shape index (κ3) is 5.08. The number of benzene rings is 1. The van der Waals surface area contributed by atoms with Crippen molar-refractivity contribution in [3.8, 4) is 5.82 Å². The Balaban J connectivity index is 1.47. The molecule has 3 unspecified atom stereocenters. The lowest BCUT2D eigenvalue weighted by Gasteiger charge is -2.36. The van der Waals surface area contributed by atoms with E-state index in [1.54, 1.807) is 11.6 Å². The third-order valence-electron chi connectivity index (χ3n) is 7.20. The Labute approximate surface area is 210 Å². The zero-order valence-electron chi connectivity index (χ0n) is 21.1. The summed E-state index contributed by atoms with van der Waals surface area (Å²) in [7, 11) is 0. The molecule has 0 aliphatic carbocycles. The molecule has 4 heterocycles. The van der Waals surface area contributed by atoms with Crippen LogP contribution in [0.3, 0.4) is 0 Å². The monoisotopic (exact) mass is 498 g/mol. The fourth-order valence-corrected chi connectivity index (χ4v) is 5.49. The number of anilines is 1. The fourth-order valence-electron chi connectivity index (χ4n) is 5.49. The molecule has 4 atom stereocenters. The van der Waals surface area contributed by atoms with Crippen LogP contribution in [0.15, 0.2) is 24.4 Å². The molecule has 10 heteroatoms. The molecule has 2 fully saturated rings. The second-order valence-electron chi connectivity index (χ2n) is 10.1. The van der Waals surface area contributed by atoms with Gasteiger partial charge in [0.15, 0.2) is 5.82 Å². The van der Waals surface area contributed by atoms with Gasteiger partial charge in [0.05, 0.1) is 37.1 Å². The van der Waals surface area contributed by atoms with Crippen molar-refractivity contribution in [3.63, 3.8) is 0 Å². The highest BCUT2D eigenvalue weighted by molar-refractivity contribution is 5.82. The van der Waals surface area contributed by atoms with Gasteiger partial charge in [-0.25, -0.2) is 19.0 Å². The number of rotatable bonds is 6. The fraction of sp³-hybridized carbons (Fsp3) is 0.577. The molecule has 9 nitrogen and oxygen atoms in total. The number of fused-ring (bicyclic) bond motifs is 1. The number of aromatic nitrogens is 4. The number of aryl methyl sites for hydroxylation is 2. The maximum absolute atomic E-state index is 15.3. The molecule has 1 aromatic carbocycles. The summed E-state index contributed by atoms with van der Waals surface area (Å²) in [6, 6.07) is 6.05. The number of nitrogens with zero attached hydrogens (tertiary/aromatic N) is 6. The van der Waals surface area contributed by atoms with Crippen molar-refractivity contribution in [2.45, 2.75) is 51.5 Å². The van der Waals surface area contributed by atoms with Crippen LogP contribution in [0.2, 0.25) is 0 Å². The quantitative estimate of drug-likeness (QED) is 0.533. The van der Waals surface area contributed by atoms with Crippen molar-refractivity contribution in [1.82, 2.24) is 24.6 Å². The maximum Gasteiger partial charge on any atom is 0.159 e. The van der Waals surface area contributed by atoms with Gasteiger partial charge in [-0.15, -0.1) is 0 Å². The van der Waals surface area contributed by atoms with Crippen LogP contribution in [0.5, 0.6) is 0 Å². The first-order valence-electron chi connectivity index (χ1n) is 12.7. The molecule has 0 spiro atoms. The molecule has 5 rings (SSSR count). The van der Waals surface area contributed by atoms with Crippen LogP contribution < -0.4 is 4.90 Å². The van der Waals surface area contributed by atoms with E-state index in [-0.39, 0.29) is 18.6 Å². The summed E-state index contributed by atoms with van der Waals surface area (Å²) in [5.41, 5.74) is 2.94. The van der Waals surface area contributed by atoms with Crippen LogP contribution in [0, 0.1) is 13.8 Å². The van der Waals surface area contributed by atoms with Gasteiger partial charge in [-0.1, -0.05) is 0 Å². The Kier molecular flexibility index (Phi) is 7.21. The summed E-state index contributed by atoms with van der Waals surface area (Å²) in [4.78, 5) is 13.4. The molecule has 0 saturated carbocycles. The van der Waals surface area contributed by atoms with Gasteiger partial charge in [-0.2, -0.15) is 5.10 Å². The van der Waals surface area contributed by atoms with Crippen molar-refractivity contribution < 1.29 is 19.3 Å². The van der Waals surface area contributed by atoms with E-state index in [1.807, 2.05) is 31.0 Å². The van der Waals surface area contributed by atoms with Gasteiger partial charge < -0.3 is 19.8 Å². The Morgan fingerprint density at radius 1 is 1.14 bits per heavy atom. The first-order valence-corrected chi connectivity index (χ1v) is 12.7. The van der Waals surface area contributed by atoms with E-state index in [4.69, 9.17) is 4.74 Å². The molecular weight excluding hydrogens is 463 g/mol. The van der Waals surface area contributed by atoms with Crippen molar-refractivity contribution in [2.24, 2.45) is 0 Å². The lowest BCUT2D eigenvalue weighted by molar-refractivity contribution is 0.00335. The van der Waals surface area contributed by atoms with Gasteiger partial charge in [0.2, 0.25) is 0 Å². The van der Waals surface area contributed by atoms with E-state index in [2.05, 4.69) is 32.1 Å². The minimum atomic E-state index is -1.00. The van der Waals surface area contributed by atoms with Crippen LogP contribution in [-0.2, 0) is 4.74 Å². The van der Waals surface area contributed by atoms with E-state index in [0.717, 1.165) is 34.4 Å². The van der Waals surface area contributed by atoms with Crippen LogP contribution in [0.1, 0.15) is 36.2 Å². The molecule has 2 aliphatic rings. The van der Waals surface area contributed by atoms with E-state index in [9.17, 15) is 10.2 Å². The molecule has 36 heavy (non-hydrogen) atoms. The van der Waals surface area contributed by atoms with Gasteiger partial charge in [0, 0.05) is 43.5 Å². The zero-order valence-corrected chi connectivity index (χ0v) is 21.1. The van der Waals surface area contributed by atoms with Crippen LogP contribution in [-0.4, -0.2) is 99.2 Å². The number of halogens is 1. The second kappa shape index (κ2) is 10.4. The topological polar surface area (TPSA) is 99.8 Å². The SMILES string of the molecule is Cc1nc(N2CCO[C@H](CO)C2)cc(-n2ncc3cc(C)c(C4CCN(CC(C)O)CC4F)cc32)n1. The van der Waals surface area contributed by atoms with Crippen molar-refractivity contribution in [3.05, 3.63) is 41.3 Å². The second-order valence-corrected chi connectivity index (χ2v) is 10.1. The van der Waals surface area contributed by atoms with E-state index >= 15 is 4.39 Å². The molecule has 3 aromatic rings. The molecule has 2 saturated heterocycles. The predicted molar refractivity (Wildman–Crippen MR) is 136 cm³/mol. The highest BCUT2D eigenvalue weighted by Crippen LogP contribution is 2.35. The Bertz CT molecular complexity index is 1220. The van der Waals surface area contributed by atoms with Gasteiger partial charge in [0.1, 0.15) is 17.8 Å². The standard InChI is InChI=1S/C26H35FN6O3/c1-16-8-19-11-28-33(24(19)9-22(16)21-4-5-31(12-17(2)35)14-23(21)27)26-10-25(29-18(3)30-26)32-6-7-36-20(13-32)15-34/h8-11,17,20-21,23,34-35H,4-7,12-15H2,1-3H3/t17?,20-,21?,23?/m0/s1. The summed E-state index contributed by atoms with van der Waals surface area (Å²) in [6.45, 7) is 8.94. The number of aliphatic hydroxyl groups is 2. The van der Waals surface area contributed by atoms with Gasteiger partial charge in [-0.05, 0) is 57.0 Å². The number of β-amino-alcohol motifs (C(OH)–C–C–N with tert-alkyl or cyclic N) is 1. The number of alkyl halides is 1. The van der Waals surface area contributed by atoms with Crippen molar-refractivity contribution in [2.75, 3.05) is 50.8 Å². The molecule has 2 aromatic heterocycles. The molecule has 0 bridgehead atoms. The molecule has 0 amide bonds. The maximum atomic E-state index is 15.3. The number of hydrogen-bond acceptors (Lipinski definition) is 8. The normalized spacial score (nSPS) is 24.4. The number of likely N-dealkylation sites (tertiary alicyclic amines) is 1. The smallest absolute Gasteiger partial charge is 0.159 e. The van der Waals surface area contributed by atoms with Gasteiger partial charge in [-0.3, -0.25) is 4.90 Å². The number of aliphatic hydroxyl groups excluding tert-OH is 2. The van der Waals surface area contributed by atoms with E-state index < -0.39 is 12.3 Å². The first kappa shape index (κ1) is 25.0. The largest absolute Gasteiger partial charge is 0.394 e. The number of hydrogen-bond donors (Lipinski definition) is 2. The summed E-state index contributed by atoms with van der Waals surface area (Å²) in [5.74, 6) is 1.84. The Hall–Kier alpha value is -2.66. The van der Waals surface area contributed by atoms with Crippen molar-refractivity contribution in [1.29, 1.82) is 0 Å². The molecule has 2 aliphatic heterocycles. The Morgan fingerprint density at radius 3 is 2.69 bits per heavy atom. The lowest BCUT2D eigenvalue weighted by atomic mass is 9.85. The highest BCUT2D eigenvalue weighted by Gasteiger charge is 2.32. The molecular formula is C26H35FN6O3. The molecule has 194 valence electrons. The molecule has 0 radical (unpaired) electrons. The highest BCUT2D eigenvalue weighted by atomic mass is 19.1. The number of morpholine rings is 1. The van der Waals surface area contributed by atoms with Crippen LogP contribution in [0.25, 0.3) is 16.7 Å². The lowest BCUT2D eigenvalue weighted by Crippen LogP contribution is -2.44. The minimum absolute atomic E-state index is 0.0349. The summed E-state index contributed by atoms with van der Waals surface area (Å²) in [6.07, 6.45) is 0.814. The first-order chi connectivity index (χ1) is 17.3. The summed E-state index contributed by atoms with van der Waals surface area (Å²) < 4.78 is 22.7. The number of ether oxygens (including phenoxy) is 1. The predicted octanol–water partition coefficient (Wildman–Crippen LogP) is 2.14. The molecule has 2 N–H and O–H groups in total. The zero-order chi connectivity index (χ0) is 25.4. The average molecular weight is 499 g/mol. The van der Waals surface area contributed by atoms with Crippen LogP contribution in [0.4, 0.5) is 10.2 Å². The van der Waals surface area contributed by atoms with Gasteiger partial charge in [0.25, 0.3) is 0 Å². The van der Waals surface area contributed by atoms with E-state index in [0.29, 0.717) is 50.8 Å². The average Bonchev–Trinajstić information content (AvgIpc) is 3.26. The minimum Gasteiger partial charge on any atom is -0.394 e. The summed E-state index contributed by atoms with van der Waals surface area (Å²) >= 11 is 0. The Morgan fingerprint density at radius 2 is 1.94 bits per heavy atom. The summed E-state index contributed by atoms with van der Waals surface area (Å²) in [5, 5.41) is 24.8.